The van der Waals surface area contributed by atoms with Crippen LogP contribution in [-0.4, -0.2) is 43.8 Å². The molecule has 3 aromatic carbocycles. The van der Waals surface area contributed by atoms with E-state index in [4.69, 9.17) is 0 Å². The molecule has 7 nitrogen and oxygen atoms in total. The van der Waals surface area contributed by atoms with Crippen molar-refractivity contribution in [2.45, 2.75) is 56.1 Å². The zero-order chi connectivity index (χ0) is 28.0. The molecule has 4 rings (SSSR count). The highest BCUT2D eigenvalue weighted by Crippen LogP contribution is 2.25. The molecule has 206 valence electrons. The molecule has 0 radical (unpaired) electrons. The fourth-order valence-corrected chi connectivity index (χ4v) is 6.03. The third kappa shape index (κ3) is 7.00. The summed E-state index contributed by atoms with van der Waals surface area (Å²) in [6.45, 7) is 0.955. The monoisotopic (exact) mass is 555 g/mol. The molecule has 10 heteroatoms. The third-order valence-corrected chi connectivity index (χ3v) is 8.65. The molecular weight excluding hydrogens is 524 g/mol. The molecule has 3 aromatic rings. The summed E-state index contributed by atoms with van der Waals surface area (Å²) in [5.41, 5.74) is 0.817. The maximum Gasteiger partial charge on any atom is 0.264 e. The van der Waals surface area contributed by atoms with Crippen molar-refractivity contribution in [3.8, 4) is 0 Å². The molecule has 0 saturated heterocycles. The van der Waals surface area contributed by atoms with E-state index in [1.807, 2.05) is 0 Å². The Morgan fingerprint density at radius 3 is 2.05 bits per heavy atom. The van der Waals surface area contributed by atoms with Gasteiger partial charge in [0.2, 0.25) is 11.8 Å². The molecule has 0 heterocycles. The first kappa shape index (κ1) is 28.2. The van der Waals surface area contributed by atoms with E-state index in [1.165, 1.54) is 29.2 Å². The van der Waals surface area contributed by atoms with Gasteiger partial charge in [0.15, 0.2) is 0 Å². The average Bonchev–Trinajstić information content (AvgIpc) is 3.44. The Labute approximate surface area is 227 Å². The topological polar surface area (TPSA) is 86.8 Å². The van der Waals surface area contributed by atoms with Gasteiger partial charge in [0.25, 0.3) is 10.0 Å². The number of rotatable bonds is 10. The minimum absolute atomic E-state index is 0.0300. The zero-order valence-electron chi connectivity index (χ0n) is 21.6. The zero-order valence-corrected chi connectivity index (χ0v) is 22.4. The molecule has 1 unspecified atom stereocenters. The highest BCUT2D eigenvalue weighted by Gasteiger charge is 2.33. The minimum atomic E-state index is -4.27. The van der Waals surface area contributed by atoms with Crippen LogP contribution in [0.1, 0.15) is 38.2 Å². The maximum absolute atomic E-state index is 13.8. The van der Waals surface area contributed by atoms with Crippen LogP contribution < -0.4 is 9.62 Å². The van der Waals surface area contributed by atoms with Gasteiger partial charge in [-0.3, -0.25) is 13.9 Å². The summed E-state index contributed by atoms with van der Waals surface area (Å²) >= 11 is 0. The van der Waals surface area contributed by atoms with Gasteiger partial charge < -0.3 is 10.2 Å². The number of sulfonamides is 1. The van der Waals surface area contributed by atoms with Crippen LogP contribution in [0.5, 0.6) is 0 Å². The van der Waals surface area contributed by atoms with Crippen LogP contribution in [0.25, 0.3) is 0 Å². The van der Waals surface area contributed by atoms with Gasteiger partial charge >= 0.3 is 0 Å². The van der Waals surface area contributed by atoms with Gasteiger partial charge in [-0.2, -0.15) is 0 Å². The molecule has 0 bridgehead atoms. The van der Waals surface area contributed by atoms with E-state index >= 15 is 0 Å². The molecule has 1 atom stereocenters. The summed E-state index contributed by atoms with van der Waals surface area (Å²) in [5.74, 6) is -2.00. The number of carbonyl (C=O) groups excluding carboxylic acids is 2. The first-order chi connectivity index (χ1) is 18.6. The van der Waals surface area contributed by atoms with Crippen molar-refractivity contribution in [3.05, 3.63) is 96.1 Å². The molecule has 1 saturated carbocycles. The Morgan fingerprint density at radius 2 is 1.46 bits per heavy atom. The minimum Gasteiger partial charge on any atom is -0.352 e. The van der Waals surface area contributed by atoms with Crippen molar-refractivity contribution in [2.75, 3.05) is 10.8 Å². The smallest absolute Gasteiger partial charge is 0.264 e. The summed E-state index contributed by atoms with van der Waals surface area (Å²) in [6.07, 6.45) is 3.76. The summed E-state index contributed by atoms with van der Waals surface area (Å²) < 4.78 is 55.3. The number of para-hydroxylation sites is 1. The van der Waals surface area contributed by atoms with Crippen LogP contribution in [0, 0.1) is 11.6 Å². The Bertz CT molecular complexity index is 1380. The molecule has 0 aliphatic heterocycles. The SMILES string of the molecule is CC(C(=O)NC1CCCC1)N(Cc1ccc(F)cc1)C(=O)CN(c1ccccc1)S(=O)(=O)c1ccc(F)cc1. The van der Waals surface area contributed by atoms with E-state index in [9.17, 15) is 26.8 Å². The standard InChI is InChI=1S/C29H31F2N3O4S/c1-21(29(36)32-25-7-5-6-8-25)33(19-22-11-13-23(30)14-12-22)28(35)20-34(26-9-3-2-4-10-26)39(37,38)27-17-15-24(31)16-18-27/h2-4,9-18,21,25H,5-8,19-20H2,1H3,(H,32,36). The lowest BCUT2D eigenvalue weighted by Gasteiger charge is -2.32. The predicted molar refractivity (Wildman–Crippen MR) is 144 cm³/mol. The Hall–Kier alpha value is -3.79. The summed E-state index contributed by atoms with van der Waals surface area (Å²) in [7, 11) is -4.27. The van der Waals surface area contributed by atoms with Gasteiger partial charge in [-0.1, -0.05) is 43.2 Å². The van der Waals surface area contributed by atoms with Crippen molar-refractivity contribution < 1.29 is 26.8 Å². The maximum atomic E-state index is 13.8. The van der Waals surface area contributed by atoms with Crippen LogP contribution in [0.15, 0.2) is 83.8 Å². The Balaban J connectivity index is 1.66. The van der Waals surface area contributed by atoms with Gasteiger partial charge in [-0.15, -0.1) is 0 Å². The van der Waals surface area contributed by atoms with Crippen molar-refractivity contribution in [1.82, 2.24) is 10.2 Å². The molecule has 1 N–H and O–H groups in total. The van der Waals surface area contributed by atoms with Gasteiger partial charge in [0.1, 0.15) is 24.2 Å². The average molecular weight is 556 g/mol. The number of nitrogens with zero attached hydrogens (tertiary/aromatic N) is 2. The van der Waals surface area contributed by atoms with Gasteiger partial charge in [-0.25, -0.2) is 17.2 Å². The second-order valence-electron chi connectivity index (χ2n) is 9.62. The fourth-order valence-electron chi connectivity index (χ4n) is 4.62. The molecule has 1 aliphatic rings. The number of hydrogen-bond acceptors (Lipinski definition) is 4. The molecule has 1 aliphatic carbocycles. The van der Waals surface area contributed by atoms with E-state index in [2.05, 4.69) is 5.32 Å². The largest absolute Gasteiger partial charge is 0.352 e. The lowest BCUT2D eigenvalue weighted by atomic mass is 10.1. The van der Waals surface area contributed by atoms with E-state index < -0.39 is 40.2 Å². The number of carbonyl (C=O) groups is 2. The van der Waals surface area contributed by atoms with Gasteiger partial charge in [0, 0.05) is 12.6 Å². The van der Waals surface area contributed by atoms with E-state index in [-0.39, 0.29) is 29.1 Å². The highest BCUT2D eigenvalue weighted by atomic mass is 32.2. The fraction of sp³-hybridized carbons (Fsp3) is 0.310. The summed E-state index contributed by atoms with van der Waals surface area (Å²) in [5, 5.41) is 3.00. The predicted octanol–water partition coefficient (Wildman–Crippen LogP) is 4.64. The van der Waals surface area contributed by atoms with E-state index in [0.717, 1.165) is 54.3 Å². The lowest BCUT2D eigenvalue weighted by Crippen LogP contribution is -2.52. The van der Waals surface area contributed by atoms with Crippen molar-refractivity contribution in [2.24, 2.45) is 0 Å². The quantitative estimate of drug-likeness (QED) is 0.395. The van der Waals surface area contributed by atoms with Crippen LogP contribution in [0.4, 0.5) is 14.5 Å². The molecule has 1 fully saturated rings. The van der Waals surface area contributed by atoms with Crippen LogP contribution in [0.2, 0.25) is 0 Å². The Kier molecular flexibility index (Phi) is 8.96. The van der Waals surface area contributed by atoms with E-state index in [0.29, 0.717) is 5.56 Å². The molecular formula is C29H31F2N3O4S. The van der Waals surface area contributed by atoms with Crippen molar-refractivity contribution >= 4 is 27.5 Å². The number of benzene rings is 3. The summed E-state index contributed by atoms with van der Waals surface area (Å²) in [4.78, 5) is 28.1. The Morgan fingerprint density at radius 1 is 0.897 bits per heavy atom. The molecule has 39 heavy (non-hydrogen) atoms. The molecule has 2 amide bonds. The number of nitrogens with one attached hydrogen (secondary N) is 1. The van der Waals surface area contributed by atoms with Gasteiger partial charge in [-0.05, 0) is 73.9 Å². The highest BCUT2D eigenvalue weighted by molar-refractivity contribution is 7.92. The lowest BCUT2D eigenvalue weighted by molar-refractivity contribution is -0.139. The van der Waals surface area contributed by atoms with Gasteiger partial charge in [0.05, 0.1) is 10.6 Å². The molecule has 0 spiro atoms. The summed E-state index contributed by atoms with van der Waals surface area (Å²) in [6, 6.07) is 17.1. The van der Waals surface area contributed by atoms with Crippen LogP contribution in [0.3, 0.4) is 0 Å². The van der Waals surface area contributed by atoms with Crippen molar-refractivity contribution in [3.63, 3.8) is 0 Å². The normalized spacial score (nSPS) is 14.5. The number of amides is 2. The first-order valence-electron chi connectivity index (χ1n) is 12.8. The van der Waals surface area contributed by atoms with Crippen LogP contribution >= 0.6 is 0 Å². The third-order valence-electron chi connectivity index (χ3n) is 6.86. The number of anilines is 1. The first-order valence-corrected chi connectivity index (χ1v) is 14.3. The second kappa shape index (κ2) is 12.4. The van der Waals surface area contributed by atoms with E-state index in [1.54, 1.807) is 37.3 Å². The number of hydrogen-bond donors (Lipinski definition) is 1. The molecule has 0 aromatic heterocycles. The van der Waals surface area contributed by atoms with Crippen LogP contribution in [-0.2, 0) is 26.2 Å². The number of halogens is 2. The van der Waals surface area contributed by atoms with Crippen molar-refractivity contribution in [1.29, 1.82) is 0 Å². The second-order valence-corrected chi connectivity index (χ2v) is 11.5.